The second-order valence-corrected chi connectivity index (χ2v) is 26.1. The van der Waals surface area contributed by atoms with Crippen LogP contribution in [0.4, 0.5) is 0 Å². The van der Waals surface area contributed by atoms with Gasteiger partial charge in [-0.1, -0.05) is 97.3 Å². The van der Waals surface area contributed by atoms with Crippen LogP contribution in [0, 0.1) is 22.7 Å². The summed E-state index contributed by atoms with van der Waals surface area (Å²) in [7, 11) is -4.29. The van der Waals surface area contributed by atoms with Gasteiger partial charge in [0.25, 0.3) is 0 Å². The molecule has 4 aliphatic rings. The Hall–Kier alpha value is -0.466. The summed E-state index contributed by atoms with van der Waals surface area (Å²) in [6.45, 7) is 30.3. The second kappa shape index (κ2) is 9.27. The first-order valence-corrected chi connectivity index (χ1v) is 21.1. The summed E-state index contributed by atoms with van der Waals surface area (Å²) in [5.41, 5.74) is 4.84. The number of allylic oxidation sites excluding steroid dienone is 5. The van der Waals surface area contributed by atoms with Crippen molar-refractivity contribution >= 4 is 16.6 Å². The van der Waals surface area contributed by atoms with Gasteiger partial charge < -0.3 is 14.0 Å². The van der Waals surface area contributed by atoms with Gasteiger partial charge in [0, 0.05) is 18.3 Å². The molecule has 5 heteroatoms. The zero-order valence-electron chi connectivity index (χ0n) is 27.0. The molecule has 0 radical (unpaired) electrons. The zero-order valence-corrected chi connectivity index (χ0v) is 29.0. The maximum absolute atomic E-state index is 12.2. The van der Waals surface area contributed by atoms with E-state index in [-0.39, 0.29) is 21.6 Å². The molecular weight excluding hydrogens is 501 g/mol. The monoisotopic (exact) mass is 558 g/mol. The topological polar surface area (TPSA) is 38.7 Å². The molecule has 0 saturated heterocycles. The predicted molar refractivity (Wildman–Crippen MR) is 166 cm³/mol. The number of rotatable bonds is 5. The van der Waals surface area contributed by atoms with Gasteiger partial charge in [-0.3, -0.25) is 0 Å². The van der Waals surface area contributed by atoms with Crippen molar-refractivity contribution in [2.45, 2.75) is 149 Å². The summed E-state index contributed by atoms with van der Waals surface area (Å²) in [5.74, 6) is -0.110. The molecule has 38 heavy (non-hydrogen) atoms. The van der Waals surface area contributed by atoms with Crippen molar-refractivity contribution in [3.05, 3.63) is 34.9 Å². The third-order valence-corrected chi connectivity index (χ3v) is 21.3. The number of hydrogen-bond acceptors (Lipinski definition) is 3. The normalized spacial score (nSPS) is 38.1. The summed E-state index contributed by atoms with van der Waals surface area (Å²) >= 11 is 0. The fourth-order valence-corrected chi connectivity index (χ4v) is 10.5. The van der Waals surface area contributed by atoms with Crippen LogP contribution in [0.15, 0.2) is 34.9 Å². The van der Waals surface area contributed by atoms with Crippen LogP contribution in [0.25, 0.3) is 0 Å². The second-order valence-electron chi connectivity index (χ2n) is 16.6. The average Bonchev–Trinajstić information content (AvgIpc) is 3.08. The van der Waals surface area contributed by atoms with Gasteiger partial charge in [0.05, 0.1) is 6.10 Å². The van der Waals surface area contributed by atoms with Crippen molar-refractivity contribution in [3.63, 3.8) is 0 Å². The van der Waals surface area contributed by atoms with Crippen molar-refractivity contribution in [2.75, 3.05) is 0 Å². The largest absolute Gasteiger partial charge is 0.413 e. The van der Waals surface area contributed by atoms with E-state index in [4.69, 9.17) is 8.85 Å². The van der Waals surface area contributed by atoms with Crippen molar-refractivity contribution in [2.24, 2.45) is 22.7 Å². The Kier molecular flexibility index (Phi) is 7.44. The molecule has 1 N–H and O–H groups in total. The Morgan fingerprint density at radius 2 is 1.55 bits per heavy atom. The van der Waals surface area contributed by atoms with E-state index in [1.807, 2.05) is 0 Å². The van der Waals surface area contributed by atoms with Crippen LogP contribution >= 0.6 is 0 Å². The lowest BCUT2D eigenvalue weighted by Gasteiger charge is -2.60. The van der Waals surface area contributed by atoms with E-state index in [0.29, 0.717) is 30.1 Å². The third kappa shape index (κ3) is 4.74. The average molecular weight is 559 g/mol. The molecule has 216 valence electrons. The number of fused-ring (bicyclic) bond motifs is 5. The van der Waals surface area contributed by atoms with E-state index < -0.39 is 22.4 Å². The zero-order chi connectivity index (χ0) is 28.7. The van der Waals surface area contributed by atoms with E-state index in [0.717, 1.165) is 6.42 Å². The molecule has 0 aromatic carbocycles. The number of aliphatic hydroxyl groups is 1. The molecule has 0 amide bonds. The lowest BCUT2D eigenvalue weighted by Crippen LogP contribution is -2.62. The van der Waals surface area contributed by atoms with Gasteiger partial charge in [0.1, 0.15) is 0 Å². The molecule has 3 nitrogen and oxygen atoms in total. The van der Waals surface area contributed by atoms with Crippen LogP contribution in [0.5, 0.6) is 0 Å². The highest BCUT2D eigenvalue weighted by atomic mass is 28.4. The maximum atomic E-state index is 12.2. The summed E-state index contributed by atoms with van der Waals surface area (Å²) in [6.07, 6.45) is 13.3. The van der Waals surface area contributed by atoms with Crippen LogP contribution in [-0.2, 0) is 8.85 Å². The van der Waals surface area contributed by atoms with E-state index in [2.05, 4.69) is 107 Å². The molecular formula is C33H58O3Si2. The highest BCUT2D eigenvalue weighted by Gasteiger charge is 2.61. The molecule has 0 aromatic rings. The molecule has 4 aliphatic carbocycles. The quantitative estimate of drug-likeness (QED) is 0.207. The van der Waals surface area contributed by atoms with Crippen molar-refractivity contribution in [1.82, 2.24) is 0 Å². The van der Waals surface area contributed by atoms with Crippen molar-refractivity contribution in [1.29, 1.82) is 0 Å². The minimum Gasteiger partial charge on any atom is -0.413 e. The Balaban J connectivity index is 1.78. The van der Waals surface area contributed by atoms with Crippen LogP contribution < -0.4 is 0 Å². The summed E-state index contributed by atoms with van der Waals surface area (Å²) in [6, 6.07) is 0. The first kappa shape index (κ1) is 30.5. The van der Waals surface area contributed by atoms with Crippen LogP contribution in [-0.4, -0.2) is 33.6 Å². The fourth-order valence-electron chi connectivity index (χ4n) is 7.65. The van der Waals surface area contributed by atoms with Gasteiger partial charge in [0.2, 0.25) is 0 Å². The Labute approximate surface area is 236 Å². The minimum atomic E-state index is -2.19. The van der Waals surface area contributed by atoms with Crippen LogP contribution in [0.3, 0.4) is 0 Å². The lowest BCUT2D eigenvalue weighted by atomic mass is 9.49. The van der Waals surface area contributed by atoms with E-state index >= 15 is 0 Å². The molecule has 0 aromatic heterocycles. The van der Waals surface area contributed by atoms with Crippen molar-refractivity contribution < 1.29 is 14.0 Å². The summed E-state index contributed by atoms with van der Waals surface area (Å²) in [5, 5.41) is 12.4. The molecule has 2 fully saturated rings. The van der Waals surface area contributed by atoms with Gasteiger partial charge in [-0.25, -0.2) is 0 Å². The molecule has 6 atom stereocenters. The summed E-state index contributed by atoms with van der Waals surface area (Å²) < 4.78 is 14.2. The minimum absolute atomic E-state index is 0.0353. The van der Waals surface area contributed by atoms with Gasteiger partial charge in [-0.15, -0.1) is 0 Å². The Morgan fingerprint density at radius 1 is 0.947 bits per heavy atom. The highest BCUT2D eigenvalue weighted by Crippen LogP contribution is 2.65. The molecule has 0 aliphatic heterocycles. The predicted octanol–water partition coefficient (Wildman–Crippen LogP) is 9.53. The lowest BCUT2D eigenvalue weighted by molar-refractivity contribution is -0.198. The Bertz CT molecular complexity index is 1040. The highest BCUT2D eigenvalue weighted by molar-refractivity contribution is 6.74. The maximum Gasteiger partial charge on any atom is 0.195 e. The van der Waals surface area contributed by atoms with Crippen LogP contribution in [0.2, 0.25) is 36.3 Å². The van der Waals surface area contributed by atoms with Gasteiger partial charge >= 0.3 is 0 Å². The molecule has 0 heterocycles. The van der Waals surface area contributed by atoms with E-state index in [9.17, 15) is 5.11 Å². The Morgan fingerprint density at radius 3 is 2.11 bits per heavy atom. The van der Waals surface area contributed by atoms with Gasteiger partial charge in [-0.05, 0) is 79.2 Å². The van der Waals surface area contributed by atoms with Crippen LogP contribution in [0.1, 0.15) is 101 Å². The first-order chi connectivity index (χ1) is 17.1. The van der Waals surface area contributed by atoms with Crippen molar-refractivity contribution in [3.8, 4) is 0 Å². The first-order valence-electron chi connectivity index (χ1n) is 15.3. The summed E-state index contributed by atoms with van der Waals surface area (Å²) in [4.78, 5) is 0. The smallest absolute Gasteiger partial charge is 0.195 e. The number of hydrogen-bond donors (Lipinski definition) is 1. The molecule has 0 spiro atoms. The van der Waals surface area contributed by atoms with E-state index in [1.165, 1.54) is 24.8 Å². The molecule has 0 bridgehead atoms. The third-order valence-electron chi connectivity index (χ3n) is 12.3. The molecule has 4 rings (SSSR count). The molecule has 2 saturated carbocycles. The molecule has 0 unspecified atom stereocenters. The SMILES string of the molecule is CCC1=CC[C@H]2C3=CC=C4C[C@@](O)(O[Si](C)(C)C(C)(C)C)C[C@H](O[Si](C)(C)C(C)(C)C)[C@]4(C)[C@@H]3CC[C@]12C. The van der Waals surface area contributed by atoms with E-state index in [1.54, 1.807) is 11.1 Å². The fraction of sp³-hybridized carbons (Fsp3) is 0.818. The van der Waals surface area contributed by atoms with Gasteiger partial charge in [-0.2, -0.15) is 0 Å². The van der Waals surface area contributed by atoms with Gasteiger partial charge in [0.15, 0.2) is 22.4 Å². The standard InChI is InChI=1S/C33H58O3Si2/c1-14-23-16-18-26-25-17-15-24-21-33(34,36-38(12,13)30(5,6)7)22-28(35-37(10,11)29(2,3)4)32(24,9)27(25)19-20-31(23,26)8/h15-17,26-28,34H,14,18-22H2,1-13H3/t26-,27+,28-,31+,32-,33+/m0/s1.